The maximum atomic E-state index is 5.51. The monoisotopic (exact) mass is 276 g/mol. The zero-order valence-electron chi connectivity index (χ0n) is 13.1. The number of benzene rings is 1. The summed E-state index contributed by atoms with van der Waals surface area (Å²) in [6.45, 7) is 11.6. The van der Waals surface area contributed by atoms with E-state index < -0.39 is 0 Å². The summed E-state index contributed by atoms with van der Waals surface area (Å²) < 4.78 is 5.51. The van der Waals surface area contributed by atoms with Crippen molar-refractivity contribution >= 4 is 0 Å². The molecule has 0 saturated carbocycles. The SMILES string of the molecule is CCNC(CCN1CCOCC1C)c1ccccc1C. The van der Waals surface area contributed by atoms with Gasteiger partial charge in [-0.15, -0.1) is 0 Å². The van der Waals surface area contributed by atoms with Gasteiger partial charge in [0, 0.05) is 25.2 Å². The minimum Gasteiger partial charge on any atom is -0.379 e. The van der Waals surface area contributed by atoms with Crippen molar-refractivity contribution in [1.82, 2.24) is 10.2 Å². The van der Waals surface area contributed by atoms with Gasteiger partial charge in [-0.2, -0.15) is 0 Å². The highest BCUT2D eigenvalue weighted by Gasteiger charge is 2.20. The van der Waals surface area contributed by atoms with Gasteiger partial charge in [0.2, 0.25) is 0 Å². The van der Waals surface area contributed by atoms with Gasteiger partial charge in [0.1, 0.15) is 0 Å². The highest BCUT2D eigenvalue weighted by Crippen LogP contribution is 2.21. The first-order valence-corrected chi connectivity index (χ1v) is 7.83. The Balaban J connectivity index is 1.97. The predicted octanol–water partition coefficient (Wildman–Crippen LogP) is 2.76. The maximum absolute atomic E-state index is 5.51. The summed E-state index contributed by atoms with van der Waals surface area (Å²) in [5.41, 5.74) is 2.82. The lowest BCUT2D eigenvalue weighted by molar-refractivity contribution is -0.00181. The van der Waals surface area contributed by atoms with Gasteiger partial charge in [-0.05, 0) is 37.9 Å². The first-order valence-electron chi connectivity index (χ1n) is 7.83. The molecular weight excluding hydrogens is 248 g/mol. The number of hydrogen-bond donors (Lipinski definition) is 1. The summed E-state index contributed by atoms with van der Waals surface area (Å²) in [4.78, 5) is 2.55. The Morgan fingerprint density at radius 2 is 2.20 bits per heavy atom. The highest BCUT2D eigenvalue weighted by atomic mass is 16.5. The molecule has 0 spiro atoms. The van der Waals surface area contributed by atoms with Gasteiger partial charge in [0.15, 0.2) is 0 Å². The number of hydrogen-bond acceptors (Lipinski definition) is 3. The molecule has 3 heteroatoms. The van der Waals surface area contributed by atoms with E-state index in [9.17, 15) is 0 Å². The molecule has 0 amide bonds. The number of nitrogens with one attached hydrogen (secondary N) is 1. The molecule has 1 aromatic rings. The molecule has 2 unspecified atom stereocenters. The fourth-order valence-electron chi connectivity index (χ4n) is 2.98. The zero-order chi connectivity index (χ0) is 14.4. The van der Waals surface area contributed by atoms with Crippen LogP contribution in [0.15, 0.2) is 24.3 Å². The molecule has 0 bridgehead atoms. The van der Waals surface area contributed by atoms with Gasteiger partial charge in [-0.25, -0.2) is 0 Å². The van der Waals surface area contributed by atoms with Crippen molar-refractivity contribution in [1.29, 1.82) is 0 Å². The van der Waals surface area contributed by atoms with Crippen molar-refractivity contribution < 1.29 is 4.74 Å². The molecule has 20 heavy (non-hydrogen) atoms. The summed E-state index contributed by atoms with van der Waals surface area (Å²) in [5, 5.41) is 3.64. The third-order valence-corrected chi connectivity index (χ3v) is 4.22. The molecule has 112 valence electrons. The summed E-state index contributed by atoms with van der Waals surface area (Å²) >= 11 is 0. The molecule has 1 aliphatic rings. The second kappa shape index (κ2) is 7.77. The van der Waals surface area contributed by atoms with Crippen molar-refractivity contribution in [3.05, 3.63) is 35.4 Å². The standard InChI is InChI=1S/C17H28N2O/c1-4-18-17(16-8-6-5-7-14(16)2)9-10-19-11-12-20-13-15(19)3/h5-8,15,17-18H,4,9-13H2,1-3H3. The van der Waals surface area contributed by atoms with Crippen LogP contribution in [0.25, 0.3) is 0 Å². The lowest BCUT2D eigenvalue weighted by atomic mass is 9.98. The van der Waals surface area contributed by atoms with Crippen molar-refractivity contribution in [3.63, 3.8) is 0 Å². The number of ether oxygens (including phenoxy) is 1. The van der Waals surface area contributed by atoms with Crippen molar-refractivity contribution in [3.8, 4) is 0 Å². The summed E-state index contributed by atoms with van der Waals surface area (Å²) in [6, 6.07) is 9.72. The normalized spacial score (nSPS) is 21.9. The molecule has 0 aromatic heterocycles. The minimum atomic E-state index is 0.455. The van der Waals surface area contributed by atoms with Gasteiger partial charge in [0.25, 0.3) is 0 Å². The molecule has 1 saturated heterocycles. The first kappa shape index (κ1) is 15.5. The topological polar surface area (TPSA) is 24.5 Å². The smallest absolute Gasteiger partial charge is 0.0619 e. The van der Waals surface area contributed by atoms with Gasteiger partial charge in [0.05, 0.1) is 13.2 Å². The highest BCUT2D eigenvalue weighted by molar-refractivity contribution is 5.28. The van der Waals surface area contributed by atoms with E-state index in [1.165, 1.54) is 11.1 Å². The lowest BCUT2D eigenvalue weighted by Crippen LogP contribution is -2.44. The van der Waals surface area contributed by atoms with Crippen LogP contribution in [0.5, 0.6) is 0 Å². The molecular formula is C17H28N2O. The van der Waals surface area contributed by atoms with Crippen LogP contribution in [0.4, 0.5) is 0 Å². The van der Waals surface area contributed by atoms with E-state index in [0.29, 0.717) is 12.1 Å². The molecule has 1 aromatic carbocycles. The van der Waals surface area contributed by atoms with Crippen LogP contribution in [-0.2, 0) is 4.74 Å². The third-order valence-electron chi connectivity index (χ3n) is 4.22. The van der Waals surface area contributed by atoms with Crippen molar-refractivity contribution in [2.75, 3.05) is 32.8 Å². The van der Waals surface area contributed by atoms with E-state index in [4.69, 9.17) is 4.74 Å². The molecule has 1 N–H and O–H groups in total. The van der Waals surface area contributed by atoms with Gasteiger partial charge >= 0.3 is 0 Å². The Bertz CT molecular complexity index is 408. The van der Waals surface area contributed by atoms with Crippen LogP contribution in [0.3, 0.4) is 0 Å². The summed E-state index contributed by atoms with van der Waals surface area (Å²) in [7, 11) is 0. The molecule has 3 nitrogen and oxygen atoms in total. The minimum absolute atomic E-state index is 0.455. The first-order chi connectivity index (χ1) is 9.72. The van der Waals surface area contributed by atoms with E-state index in [-0.39, 0.29) is 0 Å². The van der Waals surface area contributed by atoms with Crippen LogP contribution < -0.4 is 5.32 Å². The van der Waals surface area contributed by atoms with Crippen molar-refractivity contribution in [2.24, 2.45) is 0 Å². The summed E-state index contributed by atoms with van der Waals surface area (Å²) in [5.74, 6) is 0. The molecule has 0 radical (unpaired) electrons. The fraction of sp³-hybridized carbons (Fsp3) is 0.647. The quantitative estimate of drug-likeness (QED) is 0.864. The van der Waals surface area contributed by atoms with E-state index in [1.54, 1.807) is 0 Å². The van der Waals surface area contributed by atoms with Gasteiger partial charge < -0.3 is 10.1 Å². The average Bonchev–Trinajstić information content (AvgIpc) is 2.46. The van der Waals surface area contributed by atoms with E-state index in [2.05, 4.69) is 55.3 Å². The number of rotatable bonds is 6. The molecule has 1 fully saturated rings. The van der Waals surface area contributed by atoms with E-state index in [1.807, 2.05) is 0 Å². The Hall–Kier alpha value is -0.900. The van der Waals surface area contributed by atoms with Crippen LogP contribution in [0.1, 0.15) is 37.4 Å². The second-order valence-corrected chi connectivity index (χ2v) is 5.72. The Labute approximate surface area is 123 Å². The zero-order valence-corrected chi connectivity index (χ0v) is 13.1. The largest absolute Gasteiger partial charge is 0.379 e. The second-order valence-electron chi connectivity index (χ2n) is 5.72. The number of nitrogens with zero attached hydrogens (tertiary/aromatic N) is 1. The average molecular weight is 276 g/mol. The van der Waals surface area contributed by atoms with E-state index >= 15 is 0 Å². The molecule has 1 heterocycles. The van der Waals surface area contributed by atoms with Crippen molar-refractivity contribution in [2.45, 2.75) is 39.3 Å². The Morgan fingerprint density at radius 1 is 1.40 bits per heavy atom. The van der Waals surface area contributed by atoms with Crippen LogP contribution >= 0.6 is 0 Å². The number of morpholine rings is 1. The summed E-state index contributed by atoms with van der Waals surface area (Å²) in [6.07, 6.45) is 1.16. The lowest BCUT2D eigenvalue weighted by Gasteiger charge is -2.34. The van der Waals surface area contributed by atoms with Crippen LogP contribution in [0, 0.1) is 6.92 Å². The van der Waals surface area contributed by atoms with Crippen LogP contribution in [0.2, 0.25) is 0 Å². The Kier molecular flexibility index (Phi) is 6.02. The predicted molar refractivity (Wildman–Crippen MR) is 84.1 cm³/mol. The molecule has 1 aliphatic heterocycles. The molecule has 2 rings (SSSR count). The van der Waals surface area contributed by atoms with Gasteiger partial charge in [-0.3, -0.25) is 4.90 Å². The third kappa shape index (κ3) is 4.05. The maximum Gasteiger partial charge on any atom is 0.0619 e. The fourth-order valence-corrected chi connectivity index (χ4v) is 2.98. The number of aryl methyl sites for hydroxylation is 1. The molecule has 0 aliphatic carbocycles. The van der Waals surface area contributed by atoms with E-state index in [0.717, 1.165) is 39.3 Å². The van der Waals surface area contributed by atoms with Crippen LogP contribution in [-0.4, -0.2) is 43.8 Å². The molecule has 2 atom stereocenters. The van der Waals surface area contributed by atoms with Gasteiger partial charge in [-0.1, -0.05) is 31.2 Å². The Morgan fingerprint density at radius 3 is 2.90 bits per heavy atom.